The van der Waals surface area contributed by atoms with Crippen LogP contribution in [0.3, 0.4) is 0 Å². The number of ether oxygens (including phenoxy) is 1. The minimum Gasteiger partial charge on any atom is -0.491 e. The lowest BCUT2D eigenvalue weighted by Crippen LogP contribution is -2.29. The number of hydrogen-bond acceptors (Lipinski definition) is 7. The molecule has 0 atom stereocenters. The van der Waals surface area contributed by atoms with Gasteiger partial charge < -0.3 is 15.0 Å². The summed E-state index contributed by atoms with van der Waals surface area (Å²) in [4.78, 5) is 10.5. The van der Waals surface area contributed by atoms with Crippen molar-refractivity contribution in [1.82, 2.24) is 14.7 Å². The zero-order valence-electron chi connectivity index (χ0n) is 15.7. The third-order valence-corrected chi connectivity index (χ3v) is 5.78. The van der Waals surface area contributed by atoms with E-state index in [-0.39, 0.29) is 17.2 Å². The molecular weight excluding hydrogens is 385 g/mol. The Balaban J connectivity index is 1.53. The van der Waals surface area contributed by atoms with Crippen LogP contribution in [0.5, 0.6) is 5.75 Å². The first-order chi connectivity index (χ1) is 13.5. The van der Waals surface area contributed by atoms with Crippen LogP contribution in [-0.4, -0.2) is 51.2 Å². The molecule has 1 aliphatic rings. The van der Waals surface area contributed by atoms with Gasteiger partial charge in [-0.1, -0.05) is 0 Å². The monoisotopic (exact) mass is 409 g/mol. The second kappa shape index (κ2) is 9.16. The van der Waals surface area contributed by atoms with E-state index in [2.05, 4.69) is 24.9 Å². The highest BCUT2D eigenvalue weighted by Crippen LogP contribution is 2.21. The first-order valence-electron chi connectivity index (χ1n) is 9.22. The van der Waals surface area contributed by atoms with Crippen LogP contribution in [0.4, 0.5) is 16.0 Å². The van der Waals surface area contributed by atoms with Gasteiger partial charge in [0.1, 0.15) is 18.0 Å². The molecule has 0 radical (unpaired) electrons. The predicted octanol–water partition coefficient (Wildman–Crippen LogP) is 2.00. The SMILES string of the molecule is CCOc1ccc(S(=O)(=O)NCCNc2cc(N3CCCC3)ncn2)cc1F. The van der Waals surface area contributed by atoms with E-state index in [1.165, 1.54) is 18.5 Å². The number of hydrogen-bond donors (Lipinski definition) is 2. The highest BCUT2D eigenvalue weighted by molar-refractivity contribution is 7.89. The Morgan fingerprint density at radius 2 is 1.96 bits per heavy atom. The topological polar surface area (TPSA) is 96.5 Å². The number of halogens is 1. The summed E-state index contributed by atoms with van der Waals surface area (Å²) in [6.45, 7) is 4.44. The van der Waals surface area contributed by atoms with Crippen molar-refractivity contribution in [3.8, 4) is 5.75 Å². The van der Waals surface area contributed by atoms with Crippen molar-refractivity contribution >= 4 is 21.7 Å². The Morgan fingerprint density at radius 1 is 1.18 bits per heavy atom. The van der Waals surface area contributed by atoms with Crippen molar-refractivity contribution in [2.75, 3.05) is 43.0 Å². The summed E-state index contributed by atoms with van der Waals surface area (Å²) in [5.74, 6) is 0.808. The Hall–Kier alpha value is -2.46. The second-order valence-corrected chi connectivity index (χ2v) is 8.07. The van der Waals surface area contributed by atoms with E-state index >= 15 is 0 Å². The fourth-order valence-corrected chi connectivity index (χ4v) is 3.99. The highest BCUT2D eigenvalue weighted by Gasteiger charge is 2.17. The minimum absolute atomic E-state index is 0.0284. The molecule has 152 valence electrons. The van der Waals surface area contributed by atoms with Crippen LogP contribution >= 0.6 is 0 Å². The fraction of sp³-hybridized carbons (Fsp3) is 0.444. The maximum atomic E-state index is 13.9. The number of aromatic nitrogens is 2. The van der Waals surface area contributed by atoms with Gasteiger partial charge in [-0.25, -0.2) is 27.5 Å². The number of nitrogens with one attached hydrogen (secondary N) is 2. The zero-order valence-corrected chi connectivity index (χ0v) is 16.5. The molecule has 10 heteroatoms. The van der Waals surface area contributed by atoms with E-state index < -0.39 is 15.8 Å². The summed E-state index contributed by atoms with van der Waals surface area (Å²) in [7, 11) is -3.82. The molecule has 28 heavy (non-hydrogen) atoms. The molecule has 0 aliphatic carbocycles. The van der Waals surface area contributed by atoms with Gasteiger partial charge in [0.05, 0.1) is 11.5 Å². The minimum atomic E-state index is -3.82. The molecule has 1 aliphatic heterocycles. The summed E-state index contributed by atoms with van der Waals surface area (Å²) in [5, 5.41) is 3.07. The van der Waals surface area contributed by atoms with Gasteiger partial charge in [0.25, 0.3) is 0 Å². The summed E-state index contributed by atoms with van der Waals surface area (Å²) >= 11 is 0. The number of anilines is 2. The van der Waals surface area contributed by atoms with Crippen molar-refractivity contribution in [2.24, 2.45) is 0 Å². The Kier molecular flexibility index (Phi) is 6.63. The maximum Gasteiger partial charge on any atom is 0.240 e. The van der Waals surface area contributed by atoms with Gasteiger partial charge in [-0.15, -0.1) is 0 Å². The van der Waals surface area contributed by atoms with Crippen LogP contribution < -0.4 is 19.7 Å². The molecule has 2 aromatic rings. The Labute approximate surface area is 164 Å². The summed E-state index contributed by atoms with van der Waals surface area (Å²) in [5.41, 5.74) is 0. The summed E-state index contributed by atoms with van der Waals surface area (Å²) < 4.78 is 46.0. The smallest absolute Gasteiger partial charge is 0.240 e. The maximum absolute atomic E-state index is 13.9. The fourth-order valence-electron chi connectivity index (χ4n) is 2.94. The average Bonchev–Trinajstić information content (AvgIpc) is 3.22. The van der Waals surface area contributed by atoms with Gasteiger partial charge >= 0.3 is 0 Å². The second-order valence-electron chi connectivity index (χ2n) is 6.31. The number of benzene rings is 1. The van der Waals surface area contributed by atoms with Crippen LogP contribution in [0.2, 0.25) is 0 Å². The average molecular weight is 409 g/mol. The zero-order chi connectivity index (χ0) is 20.0. The number of sulfonamides is 1. The molecule has 1 aromatic heterocycles. The van der Waals surface area contributed by atoms with Gasteiger partial charge in [-0.05, 0) is 38.0 Å². The van der Waals surface area contributed by atoms with E-state index in [0.717, 1.165) is 37.8 Å². The highest BCUT2D eigenvalue weighted by atomic mass is 32.2. The molecule has 2 heterocycles. The lowest BCUT2D eigenvalue weighted by Gasteiger charge is -2.16. The first-order valence-corrected chi connectivity index (χ1v) is 10.7. The molecule has 0 saturated carbocycles. The van der Waals surface area contributed by atoms with Gasteiger partial charge in [0.2, 0.25) is 10.0 Å². The standard InChI is InChI=1S/C18H24FN5O3S/c1-2-27-16-6-5-14(11-15(16)19)28(25,26)23-8-7-20-17-12-18(22-13-21-17)24-9-3-4-10-24/h5-6,11-13,23H,2-4,7-10H2,1H3,(H,20,21,22). The lowest BCUT2D eigenvalue weighted by molar-refractivity contribution is 0.321. The molecule has 1 aromatic carbocycles. The van der Waals surface area contributed by atoms with Crippen molar-refractivity contribution in [3.05, 3.63) is 36.4 Å². The van der Waals surface area contributed by atoms with Crippen LogP contribution in [-0.2, 0) is 10.0 Å². The van der Waals surface area contributed by atoms with Gasteiger partial charge in [0, 0.05) is 32.2 Å². The third-order valence-electron chi connectivity index (χ3n) is 4.32. The number of rotatable bonds is 9. The molecule has 0 amide bonds. The van der Waals surface area contributed by atoms with E-state index in [0.29, 0.717) is 19.0 Å². The molecule has 0 bridgehead atoms. The number of nitrogens with zero attached hydrogens (tertiary/aromatic N) is 3. The molecule has 2 N–H and O–H groups in total. The molecule has 0 spiro atoms. The Morgan fingerprint density at radius 3 is 2.68 bits per heavy atom. The molecular formula is C18H24FN5O3S. The normalized spacial score (nSPS) is 14.3. The van der Waals surface area contributed by atoms with Gasteiger partial charge in [0.15, 0.2) is 11.6 Å². The quantitative estimate of drug-likeness (QED) is 0.612. The lowest BCUT2D eigenvalue weighted by atomic mass is 10.3. The Bertz CT molecular complexity index is 904. The van der Waals surface area contributed by atoms with Gasteiger partial charge in [-0.2, -0.15) is 0 Å². The molecule has 0 unspecified atom stereocenters. The predicted molar refractivity (Wildman–Crippen MR) is 105 cm³/mol. The van der Waals surface area contributed by atoms with Crippen LogP contribution in [0.1, 0.15) is 19.8 Å². The van der Waals surface area contributed by atoms with Crippen LogP contribution in [0.25, 0.3) is 0 Å². The van der Waals surface area contributed by atoms with Crippen LogP contribution in [0, 0.1) is 5.82 Å². The molecule has 1 fully saturated rings. The van der Waals surface area contributed by atoms with Crippen molar-refractivity contribution in [1.29, 1.82) is 0 Å². The molecule has 8 nitrogen and oxygen atoms in total. The van der Waals surface area contributed by atoms with Gasteiger partial charge in [-0.3, -0.25) is 0 Å². The van der Waals surface area contributed by atoms with E-state index in [9.17, 15) is 12.8 Å². The van der Waals surface area contributed by atoms with E-state index in [1.807, 2.05) is 6.07 Å². The third kappa shape index (κ3) is 5.08. The van der Waals surface area contributed by atoms with Crippen molar-refractivity contribution < 1.29 is 17.5 Å². The van der Waals surface area contributed by atoms with Crippen molar-refractivity contribution in [2.45, 2.75) is 24.7 Å². The van der Waals surface area contributed by atoms with E-state index in [1.54, 1.807) is 6.92 Å². The molecule has 3 rings (SSSR count). The van der Waals surface area contributed by atoms with E-state index in [4.69, 9.17) is 4.74 Å². The van der Waals surface area contributed by atoms with Crippen molar-refractivity contribution in [3.63, 3.8) is 0 Å². The molecule has 1 saturated heterocycles. The first kappa shape index (κ1) is 20.3. The largest absolute Gasteiger partial charge is 0.491 e. The summed E-state index contributed by atoms with van der Waals surface area (Å²) in [6, 6.07) is 5.43. The summed E-state index contributed by atoms with van der Waals surface area (Å²) in [6.07, 6.45) is 3.80. The van der Waals surface area contributed by atoms with Crippen LogP contribution in [0.15, 0.2) is 35.5 Å².